The van der Waals surface area contributed by atoms with Gasteiger partial charge < -0.3 is 4.84 Å². The first-order valence-electron chi connectivity index (χ1n) is 5.84. The van der Waals surface area contributed by atoms with Crippen molar-refractivity contribution in [1.82, 2.24) is 0 Å². The normalized spacial score (nSPS) is 28.2. The van der Waals surface area contributed by atoms with Gasteiger partial charge in [0.1, 0.15) is 6.10 Å². The second-order valence-electron chi connectivity index (χ2n) is 4.52. The molecule has 0 bridgehead atoms. The second-order valence-corrected chi connectivity index (χ2v) is 4.95. The lowest BCUT2D eigenvalue weighted by atomic mass is 9.82. The molecule has 84 valence electrons. The van der Waals surface area contributed by atoms with Crippen LogP contribution >= 0.6 is 11.6 Å². The molecule has 0 unspecified atom stereocenters. The number of benzene rings is 1. The predicted molar refractivity (Wildman–Crippen MR) is 64.8 cm³/mol. The monoisotopic (exact) mass is 235 g/mol. The second kappa shape index (κ2) is 4.10. The van der Waals surface area contributed by atoms with Crippen LogP contribution in [0.25, 0.3) is 0 Å². The molecule has 1 heterocycles. The quantitative estimate of drug-likeness (QED) is 0.728. The van der Waals surface area contributed by atoms with Crippen molar-refractivity contribution in [3.63, 3.8) is 0 Å². The zero-order valence-corrected chi connectivity index (χ0v) is 9.78. The molecule has 16 heavy (non-hydrogen) atoms. The number of nitrogens with zero attached hydrogens (tertiary/aromatic N) is 1. The lowest BCUT2D eigenvalue weighted by molar-refractivity contribution is 0.0397. The van der Waals surface area contributed by atoms with Gasteiger partial charge in [0, 0.05) is 10.9 Å². The summed E-state index contributed by atoms with van der Waals surface area (Å²) in [6, 6.07) is 7.88. The molecular formula is C13H14ClNO. The van der Waals surface area contributed by atoms with Crippen LogP contribution in [0, 0.1) is 5.92 Å². The number of fused-ring (bicyclic) bond motifs is 1. The highest BCUT2D eigenvalue weighted by atomic mass is 35.5. The van der Waals surface area contributed by atoms with Crippen LogP contribution in [0.4, 0.5) is 0 Å². The van der Waals surface area contributed by atoms with Gasteiger partial charge in [-0.2, -0.15) is 0 Å². The molecule has 0 amide bonds. The number of halogens is 1. The molecule has 1 fully saturated rings. The number of oxime groups is 1. The van der Waals surface area contributed by atoms with Gasteiger partial charge in [-0.25, -0.2) is 0 Å². The van der Waals surface area contributed by atoms with Crippen LogP contribution in [0.5, 0.6) is 0 Å². The molecule has 1 aromatic rings. The van der Waals surface area contributed by atoms with Gasteiger partial charge in [0.2, 0.25) is 0 Å². The molecule has 1 aliphatic carbocycles. The molecule has 0 radical (unpaired) electrons. The summed E-state index contributed by atoms with van der Waals surface area (Å²) in [7, 11) is 0. The van der Waals surface area contributed by atoms with Gasteiger partial charge in [0.15, 0.2) is 0 Å². The highest BCUT2D eigenvalue weighted by Crippen LogP contribution is 2.34. The Morgan fingerprint density at radius 2 is 1.88 bits per heavy atom. The summed E-state index contributed by atoms with van der Waals surface area (Å²) >= 11 is 5.88. The fourth-order valence-corrected chi connectivity index (χ4v) is 2.74. The summed E-state index contributed by atoms with van der Waals surface area (Å²) in [6.07, 6.45) is 5.22. The van der Waals surface area contributed by atoms with Gasteiger partial charge in [-0.15, -0.1) is 0 Å². The summed E-state index contributed by atoms with van der Waals surface area (Å²) in [5.74, 6) is 0.495. The minimum absolute atomic E-state index is 0.319. The van der Waals surface area contributed by atoms with Crippen LogP contribution in [0.3, 0.4) is 0 Å². The molecule has 1 saturated carbocycles. The molecule has 0 spiro atoms. The van der Waals surface area contributed by atoms with Gasteiger partial charge in [-0.05, 0) is 37.0 Å². The lowest BCUT2D eigenvalue weighted by Crippen LogP contribution is -2.27. The van der Waals surface area contributed by atoms with E-state index < -0.39 is 0 Å². The van der Waals surface area contributed by atoms with Crippen molar-refractivity contribution in [2.45, 2.75) is 31.8 Å². The fourth-order valence-electron chi connectivity index (χ4n) is 2.62. The van der Waals surface area contributed by atoms with E-state index in [-0.39, 0.29) is 0 Å². The standard InChI is InChI=1S/C13H14ClNO/c14-10-7-5-9(6-8-10)13-11-3-1-2-4-12(11)16-15-13/h5-8,11-12H,1-4H2/t11-,12+/m1/s1. The van der Waals surface area contributed by atoms with Gasteiger partial charge in [0.05, 0.1) is 5.71 Å². The van der Waals surface area contributed by atoms with E-state index in [9.17, 15) is 0 Å². The maximum atomic E-state index is 5.88. The first kappa shape index (κ1) is 10.2. The molecule has 3 heteroatoms. The highest BCUT2D eigenvalue weighted by molar-refractivity contribution is 6.30. The van der Waals surface area contributed by atoms with Crippen LogP contribution in [-0.2, 0) is 4.84 Å². The number of rotatable bonds is 1. The molecule has 1 aromatic carbocycles. The first-order chi connectivity index (χ1) is 7.84. The van der Waals surface area contributed by atoms with E-state index in [1.165, 1.54) is 19.3 Å². The summed E-state index contributed by atoms with van der Waals surface area (Å²) in [4.78, 5) is 5.51. The molecule has 3 rings (SSSR count). The Kier molecular flexibility index (Phi) is 2.60. The van der Waals surface area contributed by atoms with Crippen LogP contribution in [0.1, 0.15) is 31.2 Å². The molecule has 0 aromatic heterocycles. The summed E-state index contributed by atoms with van der Waals surface area (Å²) < 4.78 is 0. The predicted octanol–water partition coefficient (Wildman–Crippen LogP) is 3.63. The van der Waals surface area contributed by atoms with Gasteiger partial charge in [-0.3, -0.25) is 0 Å². The molecule has 1 aliphatic heterocycles. The Morgan fingerprint density at radius 3 is 2.69 bits per heavy atom. The van der Waals surface area contributed by atoms with Crippen LogP contribution in [0.15, 0.2) is 29.4 Å². The van der Waals surface area contributed by atoms with Crippen molar-refractivity contribution in [3.05, 3.63) is 34.9 Å². The Balaban J connectivity index is 1.87. The van der Waals surface area contributed by atoms with Crippen molar-refractivity contribution in [1.29, 1.82) is 0 Å². The van der Waals surface area contributed by atoms with E-state index >= 15 is 0 Å². The average molecular weight is 236 g/mol. The summed E-state index contributed by atoms with van der Waals surface area (Å²) in [5.41, 5.74) is 2.26. The third kappa shape index (κ3) is 1.71. The van der Waals surface area contributed by atoms with E-state index in [1.54, 1.807) is 0 Å². The summed E-state index contributed by atoms with van der Waals surface area (Å²) in [6.45, 7) is 0. The largest absolute Gasteiger partial charge is 0.392 e. The van der Waals surface area contributed by atoms with Crippen molar-refractivity contribution in [2.75, 3.05) is 0 Å². The van der Waals surface area contributed by atoms with Crippen LogP contribution in [0.2, 0.25) is 5.02 Å². The number of hydrogen-bond donors (Lipinski definition) is 0. The zero-order chi connectivity index (χ0) is 11.0. The van der Waals surface area contributed by atoms with E-state index in [0.717, 1.165) is 22.7 Å². The summed E-state index contributed by atoms with van der Waals surface area (Å²) in [5, 5.41) is 5.02. The maximum Gasteiger partial charge on any atom is 0.136 e. The molecule has 2 nitrogen and oxygen atoms in total. The molecular weight excluding hydrogens is 222 g/mol. The van der Waals surface area contributed by atoms with Gasteiger partial charge in [-0.1, -0.05) is 35.3 Å². The minimum atomic E-state index is 0.319. The molecule has 0 saturated heterocycles. The Labute approximate surface area is 100 Å². The third-order valence-electron chi connectivity index (χ3n) is 3.48. The molecule has 2 aliphatic rings. The Hall–Kier alpha value is -1.02. The first-order valence-corrected chi connectivity index (χ1v) is 6.22. The smallest absolute Gasteiger partial charge is 0.136 e. The highest BCUT2D eigenvalue weighted by Gasteiger charge is 2.36. The zero-order valence-electron chi connectivity index (χ0n) is 9.03. The van der Waals surface area contributed by atoms with Gasteiger partial charge >= 0.3 is 0 Å². The Morgan fingerprint density at radius 1 is 1.12 bits per heavy atom. The average Bonchev–Trinajstić information content (AvgIpc) is 2.74. The molecule has 2 atom stereocenters. The van der Waals surface area contributed by atoms with E-state index in [1.807, 2.05) is 24.3 Å². The fraction of sp³-hybridized carbons (Fsp3) is 0.462. The van der Waals surface area contributed by atoms with Crippen molar-refractivity contribution >= 4 is 17.3 Å². The van der Waals surface area contributed by atoms with E-state index in [4.69, 9.17) is 16.4 Å². The van der Waals surface area contributed by atoms with Crippen molar-refractivity contribution < 1.29 is 4.84 Å². The topological polar surface area (TPSA) is 21.6 Å². The van der Waals surface area contributed by atoms with Gasteiger partial charge in [0.25, 0.3) is 0 Å². The number of hydrogen-bond acceptors (Lipinski definition) is 2. The maximum absolute atomic E-state index is 5.88. The van der Waals surface area contributed by atoms with Crippen molar-refractivity contribution in [2.24, 2.45) is 11.1 Å². The van der Waals surface area contributed by atoms with E-state index in [2.05, 4.69) is 5.16 Å². The van der Waals surface area contributed by atoms with Crippen LogP contribution in [-0.4, -0.2) is 11.8 Å². The van der Waals surface area contributed by atoms with E-state index in [0.29, 0.717) is 12.0 Å². The SMILES string of the molecule is Clc1ccc(C2=NO[C@H]3CCCC[C@@H]23)cc1. The lowest BCUT2D eigenvalue weighted by Gasteiger charge is -2.23. The third-order valence-corrected chi connectivity index (χ3v) is 3.73. The molecule has 0 N–H and O–H groups in total. The minimum Gasteiger partial charge on any atom is -0.392 e. The van der Waals surface area contributed by atoms with Crippen molar-refractivity contribution in [3.8, 4) is 0 Å². The van der Waals surface area contributed by atoms with Crippen LogP contribution < -0.4 is 0 Å². The Bertz CT molecular complexity index is 412.